The van der Waals surface area contributed by atoms with Crippen LogP contribution < -0.4 is 5.43 Å². The number of hydrazine groups is 1. The maximum atomic E-state index is 13.1. The Kier molecular flexibility index (Phi) is 6.40. The lowest BCUT2D eigenvalue weighted by atomic mass is 10.0. The molecule has 1 fully saturated rings. The summed E-state index contributed by atoms with van der Waals surface area (Å²) in [6.45, 7) is 1.74. The SMILES string of the molecule is Cn1c(C(=O)NN2CCCCC2)cc(-c2ccc(Cl)cc2Cl)c1-c1ccc(Cl)cc1. The van der Waals surface area contributed by atoms with Crippen LogP contribution in [-0.2, 0) is 7.05 Å². The first-order chi connectivity index (χ1) is 14.4. The van der Waals surface area contributed by atoms with Gasteiger partial charge in [-0.1, -0.05) is 59.4 Å². The Morgan fingerprint density at radius 2 is 1.53 bits per heavy atom. The third kappa shape index (κ3) is 4.37. The first-order valence-electron chi connectivity index (χ1n) is 9.91. The van der Waals surface area contributed by atoms with Crippen molar-refractivity contribution in [3.05, 3.63) is 69.3 Å². The van der Waals surface area contributed by atoms with Gasteiger partial charge in [-0.25, -0.2) is 5.01 Å². The van der Waals surface area contributed by atoms with Crippen molar-refractivity contribution in [2.75, 3.05) is 13.1 Å². The van der Waals surface area contributed by atoms with Crippen LogP contribution in [0.5, 0.6) is 0 Å². The third-order valence-corrected chi connectivity index (χ3v) is 6.22. The van der Waals surface area contributed by atoms with Gasteiger partial charge in [-0.2, -0.15) is 0 Å². The van der Waals surface area contributed by atoms with Crippen molar-refractivity contribution < 1.29 is 4.79 Å². The fourth-order valence-electron chi connectivity index (χ4n) is 3.90. The largest absolute Gasteiger partial charge is 0.339 e. The van der Waals surface area contributed by atoms with Crippen LogP contribution in [0.4, 0.5) is 0 Å². The topological polar surface area (TPSA) is 37.3 Å². The molecule has 0 atom stereocenters. The summed E-state index contributed by atoms with van der Waals surface area (Å²) < 4.78 is 1.91. The summed E-state index contributed by atoms with van der Waals surface area (Å²) in [5, 5.41) is 3.75. The summed E-state index contributed by atoms with van der Waals surface area (Å²) in [7, 11) is 1.89. The Balaban J connectivity index is 1.80. The van der Waals surface area contributed by atoms with Crippen LogP contribution in [-0.4, -0.2) is 28.6 Å². The quantitative estimate of drug-likeness (QED) is 0.484. The van der Waals surface area contributed by atoms with E-state index in [1.54, 1.807) is 12.1 Å². The van der Waals surface area contributed by atoms with Gasteiger partial charge in [0.2, 0.25) is 0 Å². The Labute approximate surface area is 191 Å². The fraction of sp³-hybridized carbons (Fsp3) is 0.261. The highest BCUT2D eigenvalue weighted by Gasteiger charge is 2.23. The molecule has 4 rings (SSSR count). The molecule has 0 unspecified atom stereocenters. The second kappa shape index (κ2) is 9.03. The number of aromatic nitrogens is 1. The number of nitrogens with one attached hydrogen (secondary N) is 1. The van der Waals surface area contributed by atoms with Crippen LogP contribution >= 0.6 is 34.8 Å². The highest BCUT2D eigenvalue weighted by atomic mass is 35.5. The lowest BCUT2D eigenvalue weighted by Crippen LogP contribution is -2.45. The molecule has 1 aliphatic heterocycles. The molecule has 1 aromatic heterocycles. The summed E-state index contributed by atoms with van der Waals surface area (Å²) >= 11 is 18.7. The van der Waals surface area contributed by atoms with Gasteiger partial charge in [-0.3, -0.25) is 10.2 Å². The van der Waals surface area contributed by atoms with Gasteiger partial charge in [-0.15, -0.1) is 0 Å². The second-order valence-corrected chi connectivity index (χ2v) is 8.75. The van der Waals surface area contributed by atoms with Gasteiger partial charge in [0.1, 0.15) is 5.69 Å². The molecule has 2 heterocycles. The number of amides is 1. The van der Waals surface area contributed by atoms with Gasteiger partial charge >= 0.3 is 0 Å². The zero-order valence-electron chi connectivity index (χ0n) is 16.6. The zero-order chi connectivity index (χ0) is 21.3. The van der Waals surface area contributed by atoms with Crippen molar-refractivity contribution in [1.29, 1.82) is 0 Å². The summed E-state index contributed by atoms with van der Waals surface area (Å²) in [6.07, 6.45) is 3.39. The van der Waals surface area contributed by atoms with Crippen LogP contribution in [0.2, 0.25) is 15.1 Å². The number of carbonyl (C=O) groups is 1. The van der Waals surface area contributed by atoms with Crippen LogP contribution in [0.25, 0.3) is 22.4 Å². The van der Waals surface area contributed by atoms with Gasteiger partial charge in [0.25, 0.3) is 5.91 Å². The molecule has 1 aliphatic rings. The van der Waals surface area contributed by atoms with Crippen LogP contribution in [0.1, 0.15) is 29.8 Å². The van der Waals surface area contributed by atoms with Crippen LogP contribution in [0, 0.1) is 0 Å². The maximum Gasteiger partial charge on any atom is 0.282 e. The summed E-state index contributed by atoms with van der Waals surface area (Å²) in [5.74, 6) is -0.133. The average molecular weight is 463 g/mol. The highest BCUT2D eigenvalue weighted by molar-refractivity contribution is 6.36. The lowest BCUT2D eigenvalue weighted by Gasteiger charge is -2.26. The molecule has 0 spiro atoms. The Bertz CT molecular complexity index is 1070. The van der Waals surface area contributed by atoms with Gasteiger partial charge in [0, 0.05) is 46.3 Å². The number of hydrogen-bond acceptors (Lipinski definition) is 2. The first kappa shape index (κ1) is 21.3. The molecule has 1 amide bonds. The smallest absolute Gasteiger partial charge is 0.282 e. The predicted molar refractivity (Wildman–Crippen MR) is 124 cm³/mol. The number of carbonyl (C=O) groups excluding carboxylic acids is 1. The standard InChI is InChI=1S/C23H22Cl3N3O/c1-28-21(23(30)27-29-11-3-2-4-12-29)14-19(18-10-9-17(25)13-20(18)26)22(28)15-5-7-16(24)8-6-15/h5-10,13-14H,2-4,11-12H2,1H3,(H,27,30). The molecule has 0 radical (unpaired) electrons. The molecule has 0 bridgehead atoms. The van der Waals surface area contributed by atoms with Gasteiger partial charge in [0.15, 0.2) is 0 Å². The molecule has 0 aliphatic carbocycles. The molecule has 3 aromatic rings. The number of halogens is 3. The number of rotatable bonds is 4. The van der Waals surface area contributed by atoms with Crippen molar-refractivity contribution in [3.63, 3.8) is 0 Å². The minimum atomic E-state index is -0.133. The number of nitrogens with zero attached hydrogens (tertiary/aromatic N) is 2. The van der Waals surface area contributed by atoms with Crippen molar-refractivity contribution in [1.82, 2.24) is 15.0 Å². The van der Waals surface area contributed by atoms with E-state index < -0.39 is 0 Å². The molecule has 7 heteroatoms. The molecular weight excluding hydrogens is 441 g/mol. The maximum absolute atomic E-state index is 13.1. The number of benzene rings is 2. The van der Waals surface area contributed by atoms with E-state index in [1.807, 2.05) is 53.0 Å². The van der Waals surface area contributed by atoms with Crippen LogP contribution in [0.15, 0.2) is 48.5 Å². The van der Waals surface area contributed by atoms with Crippen molar-refractivity contribution in [2.45, 2.75) is 19.3 Å². The summed E-state index contributed by atoms with van der Waals surface area (Å²) in [6, 6.07) is 14.8. The van der Waals surface area contributed by atoms with Crippen LogP contribution in [0.3, 0.4) is 0 Å². The molecule has 2 aromatic carbocycles. The molecule has 1 saturated heterocycles. The minimum absolute atomic E-state index is 0.133. The highest BCUT2D eigenvalue weighted by Crippen LogP contribution is 2.39. The monoisotopic (exact) mass is 461 g/mol. The van der Waals surface area contributed by atoms with E-state index >= 15 is 0 Å². The fourth-order valence-corrected chi connectivity index (χ4v) is 4.53. The van der Waals surface area contributed by atoms with E-state index in [0.717, 1.165) is 48.3 Å². The molecular formula is C23H22Cl3N3O. The number of hydrogen-bond donors (Lipinski definition) is 1. The van der Waals surface area contributed by atoms with Crippen molar-refractivity contribution in [2.24, 2.45) is 7.05 Å². The van der Waals surface area contributed by atoms with E-state index in [1.165, 1.54) is 6.42 Å². The Morgan fingerprint density at radius 1 is 0.867 bits per heavy atom. The minimum Gasteiger partial charge on any atom is -0.339 e. The zero-order valence-corrected chi connectivity index (χ0v) is 18.9. The second-order valence-electron chi connectivity index (χ2n) is 7.47. The molecule has 4 nitrogen and oxygen atoms in total. The normalized spacial score (nSPS) is 14.7. The van der Waals surface area contributed by atoms with E-state index in [-0.39, 0.29) is 5.91 Å². The van der Waals surface area contributed by atoms with E-state index in [4.69, 9.17) is 34.8 Å². The van der Waals surface area contributed by atoms with Gasteiger partial charge < -0.3 is 4.57 Å². The summed E-state index contributed by atoms with van der Waals surface area (Å²) in [4.78, 5) is 13.1. The van der Waals surface area contributed by atoms with Gasteiger partial charge in [0.05, 0.1) is 5.69 Å². The number of piperidine rings is 1. The average Bonchev–Trinajstić information content (AvgIpc) is 3.06. The Hall–Kier alpha value is -1.98. The summed E-state index contributed by atoms with van der Waals surface area (Å²) in [5.41, 5.74) is 7.13. The van der Waals surface area contributed by atoms with E-state index in [9.17, 15) is 4.79 Å². The third-order valence-electron chi connectivity index (χ3n) is 5.42. The molecule has 0 saturated carbocycles. The van der Waals surface area contributed by atoms with Crippen molar-refractivity contribution >= 4 is 40.7 Å². The van der Waals surface area contributed by atoms with Gasteiger partial charge in [-0.05, 0) is 48.7 Å². The predicted octanol–water partition coefficient (Wildman–Crippen LogP) is 6.45. The molecule has 30 heavy (non-hydrogen) atoms. The molecule has 156 valence electrons. The lowest BCUT2D eigenvalue weighted by molar-refractivity contribution is 0.0741. The Morgan fingerprint density at radius 3 is 2.20 bits per heavy atom. The first-order valence-corrected chi connectivity index (χ1v) is 11.0. The van der Waals surface area contributed by atoms with E-state index in [0.29, 0.717) is 20.8 Å². The van der Waals surface area contributed by atoms with E-state index in [2.05, 4.69) is 5.43 Å². The van der Waals surface area contributed by atoms with Crippen molar-refractivity contribution in [3.8, 4) is 22.4 Å². The molecule has 1 N–H and O–H groups in total.